The van der Waals surface area contributed by atoms with Crippen LogP contribution < -0.4 is 0 Å². The van der Waals surface area contributed by atoms with Crippen molar-refractivity contribution in [3.63, 3.8) is 0 Å². The van der Waals surface area contributed by atoms with Gasteiger partial charge in [0.2, 0.25) is 0 Å². The maximum atomic E-state index is 6.37. The normalized spacial score (nSPS) is 36.6. The van der Waals surface area contributed by atoms with E-state index in [2.05, 4.69) is 58.9 Å². The minimum Gasteiger partial charge on any atom is -0.352 e. The van der Waals surface area contributed by atoms with Gasteiger partial charge in [-0.25, -0.2) is 0 Å². The van der Waals surface area contributed by atoms with Gasteiger partial charge < -0.3 is 4.74 Å². The van der Waals surface area contributed by atoms with Gasteiger partial charge in [0.25, 0.3) is 0 Å². The van der Waals surface area contributed by atoms with Crippen molar-refractivity contribution in [3.8, 4) is 0 Å². The summed E-state index contributed by atoms with van der Waals surface area (Å²) in [4.78, 5) is -0.166. The van der Waals surface area contributed by atoms with Gasteiger partial charge in [0, 0.05) is 10.2 Å². The molecule has 3 rings (SSSR count). The number of thioether (sulfide) groups is 1. The molecule has 2 heteroatoms. The Bertz CT molecular complexity index is 478. The molecule has 92 valence electrons. The lowest BCUT2D eigenvalue weighted by atomic mass is 9.73. The Morgan fingerprint density at radius 3 is 2.41 bits per heavy atom. The number of benzene rings is 1. The largest absolute Gasteiger partial charge is 0.352 e. The molecular weight excluding hydrogens is 228 g/mol. The summed E-state index contributed by atoms with van der Waals surface area (Å²) in [6, 6.07) is 8.70. The molecule has 2 aliphatic heterocycles. The van der Waals surface area contributed by atoms with Gasteiger partial charge in [0.05, 0.1) is 6.10 Å². The fraction of sp³-hybridized carbons (Fsp3) is 0.600. The second kappa shape index (κ2) is 3.10. The monoisotopic (exact) mass is 248 g/mol. The Hall–Kier alpha value is -0.470. The van der Waals surface area contributed by atoms with Crippen molar-refractivity contribution in [1.29, 1.82) is 0 Å². The first-order chi connectivity index (χ1) is 7.78. The van der Waals surface area contributed by atoms with Crippen molar-refractivity contribution in [2.75, 3.05) is 0 Å². The first kappa shape index (κ1) is 11.6. The molecule has 1 fully saturated rings. The third-order valence-corrected chi connectivity index (χ3v) is 6.47. The molecule has 0 N–H and O–H groups in total. The molecule has 2 bridgehead atoms. The van der Waals surface area contributed by atoms with E-state index in [0.717, 1.165) is 0 Å². The summed E-state index contributed by atoms with van der Waals surface area (Å²) in [7, 11) is 0. The van der Waals surface area contributed by atoms with E-state index >= 15 is 0 Å². The molecule has 0 amide bonds. The van der Waals surface area contributed by atoms with E-state index in [1.807, 2.05) is 11.8 Å². The number of hydrogen-bond acceptors (Lipinski definition) is 2. The minimum absolute atomic E-state index is 0.143. The fourth-order valence-electron chi connectivity index (χ4n) is 3.04. The topological polar surface area (TPSA) is 9.23 Å². The van der Waals surface area contributed by atoms with Gasteiger partial charge in [0.15, 0.2) is 0 Å². The van der Waals surface area contributed by atoms with Crippen LogP contribution in [0.3, 0.4) is 0 Å². The van der Waals surface area contributed by atoms with Gasteiger partial charge in [-0.1, -0.05) is 38.1 Å². The lowest BCUT2D eigenvalue weighted by molar-refractivity contribution is -0.0912. The van der Waals surface area contributed by atoms with Crippen LogP contribution in [0.5, 0.6) is 0 Å². The predicted molar refractivity (Wildman–Crippen MR) is 73.1 cm³/mol. The number of rotatable bonds is 0. The van der Waals surface area contributed by atoms with Crippen LogP contribution in [0.15, 0.2) is 24.3 Å². The average Bonchev–Trinajstić information content (AvgIpc) is 2.49. The molecule has 0 radical (unpaired) electrons. The maximum absolute atomic E-state index is 6.37. The van der Waals surface area contributed by atoms with E-state index < -0.39 is 0 Å². The molecule has 17 heavy (non-hydrogen) atoms. The van der Waals surface area contributed by atoms with E-state index in [4.69, 9.17) is 4.74 Å². The fourth-order valence-corrected chi connectivity index (χ4v) is 4.82. The Balaban J connectivity index is 2.24. The lowest BCUT2D eigenvalue weighted by Crippen LogP contribution is -2.47. The van der Waals surface area contributed by atoms with Crippen LogP contribution in [0.4, 0.5) is 0 Å². The van der Waals surface area contributed by atoms with Gasteiger partial charge in [-0.2, -0.15) is 0 Å². The van der Waals surface area contributed by atoms with Gasteiger partial charge in [-0.15, -0.1) is 11.8 Å². The Labute approximate surface area is 108 Å². The average molecular weight is 248 g/mol. The standard InChI is InChI=1S/C15H20OS/c1-13(2)12-10-8-6-7-9-11(10)15(5,16-12)17-14(13,3)4/h6-9,12H,1-5H3/t12-,15-/m1/s1. The van der Waals surface area contributed by atoms with E-state index in [1.54, 1.807) is 0 Å². The lowest BCUT2D eigenvalue weighted by Gasteiger charge is -2.52. The van der Waals surface area contributed by atoms with Crippen LogP contribution in [-0.4, -0.2) is 4.75 Å². The van der Waals surface area contributed by atoms with Crippen molar-refractivity contribution in [2.24, 2.45) is 5.41 Å². The highest BCUT2D eigenvalue weighted by molar-refractivity contribution is 8.01. The second-order valence-corrected chi connectivity index (χ2v) is 8.37. The van der Waals surface area contributed by atoms with Crippen molar-refractivity contribution < 1.29 is 4.74 Å². The highest BCUT2D eigenvalue weighted by atomic mass is 32.2. The van der Waals surface area contributed by atoms with Crippen molar-refractivity contribution in [3.05, 3.63) is 35.4 Å². The molecule has 1 nitrogen and oxygen atoms in total. The quantitative estimate of drug-likeness (QED) is 0.669. The van der Waals surface area contributed by atoms with Crippen LogP contribution in [0.1, 0.15) is 51.8 Å². The van der Waals surface area contributed by atoms with Crippen LogP contribution >= 0.6 is 11.8 Å². The molecule has 0 aromatic heterocycles. The molecule has 1 saturated heterocycles. The molecule has 1 aromatic carbocycles. The van der Waals surface area contributed by atoms with Crippen molar-refractivity contribution >= 4 is 11.8 Å². The van der Waals surface area contributed by atoms with Crippen molar-refractivity contribution in [2.45, 2.75) is 50.4 Å². The second-order valence-electron chi connectivity index (χ2n) is 6.36. The van der Waals surface area contributed by atoms with Crippen LogP contribution in [0.2, 0.25) is 0 Å². The summed E-state index contributed by atoms with van der Waals surface area (Å²) < 4.78 is 6.58. The van der Waals surface area contributed by atoms with E-state index in [1.165, 1.54) is 11.1 Å². The van der Waals surface area contributed by atoms with Crippen LogP contribution in [-0.2, 0) is 9.67 Å². The highest BCUT2D eigenvalue weighted by Crippen LogP contribution is 2.68. The van der Waals surface area contributed by atoms with Gasteiger partial charge in [-0.05, 0) is 31.9 Å². The van der Waals surface area contributed by atoms with Gasteiger partial charge in [-0.3, -0.25) is 0 Å². The summed E-state index contributed by atoms with van der Waals surface area (Å²) >= 11 is 1.96. The maximum Gasteiger partial charge on any atom is 0.138 e. The molecule has 2 atom stereocenters. The van der Waals surface area contributed by atoms with E-state index in [-0.39, 0.29) is 21.2 Å². The first-order valence-corrected chi connectivity index (χ1v) is 7.07. The summed E-state index contributed by atoms with van der Waals surface area (Å²) in [5.41, 5.74) is 2.90. The molecule has 2 heterocycles. The first-order valence-electron chi connectivity index (χ1n) is 6.25. The molecule has 0 unspecified atom stereocenters. The highest BCUT2D eigenvalue weighted by Gasteiger charge is 2.60. The molecule has 0 aliphatic carbocycles. The van der Waals surface area contributed by atoms with Gasteiger partial charge in [0.1, 0.15) is 4.93 Å². The van der Waals surface area contributed by atoms with Gasteiger partial charge >= 0.3 is 0 Å². The summed E-state index contributed by atoms with van der Waals surface area (Å²) in [5.74, 6) is 0. The number of hydrogen-bond donors (Lipinski definition) is 0. The number of fused-ring (bicyclic) bond motifs is 5. The molecule has 0 spiro atoms. The predicted octanol–water partition coefficient (Wildman–Crippen LogP) is 4.48. The summed E-state index contributed by atoms with van der Waals surface area (Å²) in [5, 5.41) is 0. The number of ether oxygens (including phenoxy) is 1. The van der Waals surface area contributed by atoms with E-state index in [0.29, 0.717) is 0 Å². The summed E-state index contributed by atoms with van der Waals surface area (Å²) in [6.45, 7) is 11.6. The zero-order valence-electron chi connectivity index (χ0n) is 11.2. The smallest absolute Gasteiger partial charge is 0.138 e. The third-order valence-electron chi connectivity index (χ3n) is 4.73. The zero-order valence-corrected chi connectivity index (χ0v) is 12.0. The Morgan fingerprint density at radius 1 is 1.06 bits per heavy atom. The molecular formula is C15H20OS. The molecule has 0 saturated carbocycles. The molecule has 2 aliphatic rings. The van der Waals surface area contributed by atoms with Crippen LogP contribution in [0.25, 0.3) is 0 Å². The third kappa shape index (κ3) is 1.31. The molecule has 1 aromatic rings. The van der Waals surface area contributed by atoms with E-state index in [9.17, 15) is 0 Å². The van der Waals surface area contributed by atoms with Crippen LogP contribution in [0, 0.1) is 5.41 Å². The summed E-state index contributed by atoms with van der Waals surface area (Å²) in [6.07, 6.45) is 0.222. The Morgan fingerprint density at radius 2 is 1.71 bits per heavy atom. The zero-order chi connectivity index (χ0) is 12.5. The SMILES string of the molecule is CC1(C)S[C@@]2(C)O[C@H](c3ccccc32)C1(C)C. The van der Waals surface area contributed by atoms with Crippen molar-refractivity contribution in [1.82, 2.24) is 0 Å². The Kier molecular flexibility index (Phi) is 2.12. The minimum atomic E-state index is -0.166.